The summed E-state index contributed by atoms with van der Waals surface area (Å²) < 4.78 is 25.4. The van der Waals surface area contributed by atoms with E-state index in [4.69, 9.17) is 0 Å². The molecule has 0 radical (unpaired) electrons. The summed E-state index contributed by atoms with van der Waals surface area (Å²) in [5, 5.41) is 10.7. The first-order valence-corrected chi connectivity index (χ1v) is 8.43. The Morgan fingerprint density at radius 3 is 2.57 bits per heavy atom. The summed E-state index contributed by atoms with van der Waals surface area (Å²) in [4.78, 5) is 21.9. The number of hydrogen-bond acceptors (Lipinski definition) is 6. The highest BCUT2D eigenvalue weighted by atomic mass is 32.2. The van der Waals surface area contributed by atoms with Crippen LogP contribution >= 0.6 is 12.6 Å². The molecule has 0 spiro atoms. The van der Waals surface area contributed by atoms with Crippen molar-refractivity contribution in [2.45, 2.75) is 24.2 Å². The molecule has 2 rings (SSSR count). The summed E-state index contributed by atoms with van der Waals surface area (Å²) in [5.74, 6) is 0.0818. The summed E-state index contributed by atoms with van der Waals surface area (Å²) in [7, 11) is -3.98. The van der Waals surface area contributed by atoms with Crippen molar-refractivity contribution in [3.05, 3.63) is 33.9 Å². The average molecular weight is 330 g/mol. The van der Waals surface area contributed by atoms with Gasteiger partial charge in [-0.2, -0.15) is 12.6 Å². The molecule has 1 aromatic rings. The van der Waals surface area contributed by atoms with Crippen molar-refractivity contribution in [2.24, 2.45) is 0 Å². The molecule has 114 valence electrons. The van der Waals surface area contributed by atoms with Crippen molar-refractivity contribution < 1.29 is 18.1 Å². The minimum absolute atomic E-state index is 0.00482. The standard InChI is InChI=1S/C12H14N2O5S2/c15-12-10-5-4-9(14(16)17)8-11(10)21(18,19)13(12)6-2-1-3-7-20/h4-5,8,20H,1-3,6-7H2. The molecular formula is C12H14N2O5S2. The first-order valence-electron chi connectivity index (χ1n) is 6.36. The highest BCUT2D eigenvalue weighted by Gasteiger charge is 2.41. The molecule has 0 atom stereocenters. The summed E-state index contributed by atoms with van der Waals surface area (Å²) in [6.07, 6.45) is 2.14. The summed E-state index contributed by atoms with van der Waals surface area (Å²) in [6.45, 7) is 0.0808. The van der Waals surface area contributed by atoms with Crippen molar-refractivity contribution in [1.82, 2.24) is 4.31 Å². The number of nitro groups is 1. The molecule has 0 fully saturated rings. The lowest BCUT2D eigenvalue weighted by Crippen LogP contribution is -2.31. The molecule has 0 aliphatic carbocycles. The summed E-state index contributed by atoms with van der Waals surface area (Å²) in [6, 6.07) is 3.27. The van der Waals surface area contributed by atoms with E-state index >= 15 is 0 Å². The minimum Gasteiger partial charge on any atom is -0.268 e. The molecule has 1 aliphatic heterocycles. The number of non-ortho nitro benzene ring substituents is 1. The third kappa shape index (κ3) is 2.88. The van der Waals surface area contributed by atoms with Crippen LogP contribution in [0.25, 0.3) is 0 Å². The number of unbranched alkanes of at least 4 members (excludes halogenated alkanes) is 2. The van der Waals surface area contributed by atoms with Gasteiger partial charge in [0.05, 0.1) is 10.5 Å². The predicted molar refractivity (Wildman–Crippen MR) is 79.0 cm³/mol. The van der Waals surface area contributed by atoms with Crippen LogP contribution < -0.4 is 0 Å². The second kappa shape index (κ2) is 6.02. The zero-order valence-corrected chi connectivity index (χ0v) is 12.8. The first kappa shape index (κ1) is 15.8. The summed E-state index contributed by atoms with van der Waals surface area (Å²) in [5.41, 5.74) is -0.350. The van der Waals surface area contributed by atoms with Crippen LogP contribution in [0.15, 0.2) is 23.1 Å². The number of nitro benzene ring substituents is 1. The van der Waals surface area contributed by atoms with Crippen LogP contribution in [-0.4, -0.2) is 35.9 Å². The molecule has 0 unspecified atom stereocenters. The van der Waals surface area contributed by atoms with Gasteiger partial charge in [-0.05, 0) is 24.7 Å². The van der Waals surface area contributed by atoms with Crippen LogP contribution in [0.2, 0.25) is 0 Å². The largest absolute Gasteiger partial charge is 0.270 e. The average Bonchev–Trinajstić information content (AvgIpc) is 2.63. The SMILES string of the molecule is O=C1c2ccc([N+](=O)[O-])cc2S(=O)(=O)N1CCCCCS. The molecule has 21 heavy (non-hydrogen) atoms. The Labute approximate surface area is 127 Å². The Morgan fingerprint density at radius 2 is 1.95 bits per heavy atom. The topological polar surface area (TPSA) is 97.6 Å². The lowest BCUT2D eigenvalue weighted by molar-refractivity contribution is -0.385. The normalized spacial score (nSPS) is 16.0. The van der Waals surface area contributed by atoms with E-state index in [-0.39, 0.29) is 22.7 Å². The number of carbonyl (C=O) groups is 1. The van der Waals surface area contributed by atoms with Gasteiger partial charge < -0.3 is 0 Å². The summed E-state index contributed by atoms with van der Waals surface area (Å²) >= 11 is 4.06. The van der Waals surface area contributed by atoms with E-state index in [1.807, 2.05) is 0 Å². The second-order valence-corrected chi connectivity index (χ2v) is 6.88. The van der Waals surface area contributed by atoms with Gasteiger partial charge >= 0.3 is 0 Å². The quantitative estimate of drug-likeness (QED) is 0.371. The highest BCUT2D eigenvalue weighted by molar-refractivity contribution is 7.90. The van der Waals surface area contributed by atoms with Gasteiger partial charge in [0, 0.05) is 18.7 Å². The smallest absolute Gasteiger partial charge is 0.268 e. The maximum absolute atomic E-state index is 12.3. The number of thiol groups is 1. The molecule has 0 saturated heterocycles. The molecule has 1 aromatic carbocycles. The van der Waals surface area contributed by atoms with Crippen molar-refractivity contribution >= 4 is 34.2 Å². The van der Waals surface area contributed by atoms with E-state index < -0.39 is 20.9 Å². The Hall–Kier alpha value is -1.61. The van der Waals surface area contributed by atoms with Gasteiger partial charge in [0.2, 0.25) is 0 Å². The van der Waals surface area contributed by atoms with Gasteiger partial charge in [-0.25, -0.2) is 12.7 Å². The number of benzene rings is 1. The van der Waals surface area contributed by atoms with Crippen molar-refractivity contribution in [2.75, 3.05) is 12.3 Å². The third-order valence-electron chi connectivity index (χ3n) is 3.22. The Morgan fingerprint density at radius 1 is 1.24 bits per heavy atom. The van der Waals surface area contributed by atoms with E-state index in [1.165, 1.54) is 6.07 Å². The van der Waals surface area contributed by atoms with E-state index in [9.17, 15) is 23.3 Å². The maximum Gasteiger partial charge on any atom is 0.270 e. The van der Waals surface area contributed by atoms with Crippen LogP contribution in [0, 0.1) is 10.1 Å². The lowest BCUT2D eigenvalue weighted by atomic mass is 10.2. The highest BCUT2D eigenvalue weighted by Crippen LogP contribution is 2.33. The fourth-order valence-electron chi connectivity index (χ4n) is 2.14. The van der Waals surface area contributed by atoms with Gasteiger partial charge in [-0.1, -0.05) is 6.42 Å². The van der Waals surface area contributed by atoms with Gasteiger partial charge in [-0.3, -0.25) is 14.9 Å². The minimum atomic E-state index is -3.98. The van der Waals surface area contributed by atoms with Crippen LogP contribution in [0.1, 0.15) is 29.6 Å². The third-order valence-corrected chi connectivity index (χ3v) is 5.36. The molecule has 1 amide bonds. The second-order valence-electron chi connectivity index (χ2n) is 4.60. The van der Waals surface area contributed by atoms with Crippen molar-refractivity contribution in [1.29, 1.82) is 0 Å². The predicted octanol–water partition coefficient (Wildman–Crippen LogP) is 1.84. The Balaban J connectivity index is 2.29. The Bertz CT molecular complexity index is 687. The first-order chi connectivity index (χ1) is 9.89. The van der Waals surface area contributed by atoms with Crippen molar-refractivity contribution in [3.63, 3.8) is 0 Å². The molecule has 0 saturated carbocycles. The number of rotatable bonds is 6. The van der Waals surface area contributed by atoms with Crippen LogP contribution in [-0.2, 0) is 10.0 Å². The van der Waals surface area contributed by atoms with Gasteiger partial charge in [0.15, 0.2) is 0 Å². The molecule has 0 N–H and O–H groups in total. The van der Waals surface area contributed by atoms with E-state index in [0.717, 1.165) is 29.3 Å². The van der Waals surface area contributed by atoms with Gasteiger partial charge in [0.25, 0.3) is 21.6 Å². The number of nitrogens with zero attached hydrogens (tertiary/aromatic N) is 2. The molecule has 0 aromatic heterocycles. The van der Waals surface area contributed by atoms with E-state index in [2.05, 4.69) is 12.6 Å². The molecular weight excluding hydrogens is 316 g/mol. The van der Waals surface area contributed by atoms with Crippen LogP contribution in [0.4, 0.5) is 5.69 Å². The zero-order chi connectivity index (χ0) is 15.6. The van der Waals surface area contributed by atoms with E-state index in [1.54, 1.807) is 0 Å². The maximum atomic E-state index is 12.3. The van der Waals surface area contributed by atoms with Gasteiger partial charge in [0.1, 0.15) is 4.90 Å². The van der Waals surface area contributed by atoms with E-state index in [0.29, 0.717) is 12.2 Å². The number of amides is 1. The molecule has 7 nitrogen and oxygen atoms in total. The fourth-order valence-corrected chi connectivity index (χ4v) is 3.99. The lowest BCUT2D eigenvalue weighted by Gasteiger charge is -2.14. The number of sulfonamides is 1. The van der Waals surface area contributed by atoms with Gasteiger partial charge in [-0.15, -0.1) is 0 Å². The number of carbonyl (C=O) groups excluding carboxylic acids is 1. The number of fused-ring (bicyclic) bond motifs is 1. The zero-order valence-electron chi connectivity index (χ0n) is 11.1. The molecule has 9 heteroatoms. The fraction of sp³-hybridized carbons (Fsp3) is 0.417. The Kier molecular flexibility index (Phi) is 4.52. The number of hydrogen-bond donors (Lipinski definition) is 1. The molecule has 1 aliphatic rings. The van der Waals surface area contributed by atoms with Crippen LogP contribution in [0.3, 0.4) is 0 Å². The van der Waals surface area contributed by atoms with Crippen LogP contribution in [0.5, 0.6) is 0 Å². The van der Waals surface area contributed by atoms with Crippen molar-refractivity contribution in [3.8, 4) is 0 Å². The molecule has 1 heterocycles. The monoisotopic (exact) mass is 330 g/mol. The molecule has 0 bridgehead atoms.